The SMILES string of the molecule is CC(C)S(=O)(=O)c1ccc(C(=O)Nc2ccc(F)c(NC(=O)CCN3CCOCC3)c2)cc1. The van der Waals surface area contributed by atoms with Crippen molar-refractivity contribution in [2.45, 2.75) is 30.4 Å². The van der Waals surface area contributed by atoms with E-state index in [0.29, 0.717) is 25.4 Å². The van der Waals surface area contributed by atoms with Crippen molar-refractivity contribution in [3.8, 4) is 0 Å². The average Bonchev–Trinajstić information content (AvgIpc) is 2.80. The number of carbonyl (C=O) groups is 2. The van der Waals surface area contributed by atoms with E-state index < -0.39 is 26.8 Å². The quantitative estimate of drug-likeness (QED) is 0.606. The number of amides is 2. The van der Waals surface area contributed by atoms with E-state index in [9.17, 15) is 22.4 Å². The average molecular weight is 478 g/mol. The molecule has 0 radical (unpaired) electrons. The Morgan fingerprint density at radius 1 is 1.06 bits per heavy atom. The van der Waals surface area contributed by atoms with Crippen LogP contribution in [0.5, 0.6) is 0 Å². The van der Waals surface area contributed by atoms with E-state index in [1.54, 1.807) is 13.8 Å². The van der Waals surface area contributed by atoms with Crippen molar-refractivity contribution in [3.63, 3.8) is 0 Å². The number of hydrogen-bond acceptors (Lipinski definition) is 6. The summed E-state index contributed by atoms with van der Waals surface area (Å²) in [6, 6.07) is 9.49. The molecule has 0 spiro atoms. The van der Waals surface area contributed by atoms with Crippen LogP contribution in [0.15, 0.2) is 47.4 Å². The molecule has 0 saturated carbocycles. The molecule has 0 aliphatic carbocycles. The van der Waals surface area contributed by atoms with E-state index in [4.69, 9.17) is 4.74 Å². The number of benzene rings is 2. The molecule has 1 aliphatic heterocycles. The zero-order valence-electron chi connectivity index (χ0n) is 18.6. The number of nitrogens with one attached hydrogen (secondary N) is 2. The highest BCUT2D eigenvalue weighted by Crippen LogP contribution is 2.21. The summed E-state index contributed by atoms with van der Waals surface area (Å²) in [5, 5.41) is 4.61. The van der Waals surface area contributed by atoms with Crippen LogP contribution in [0.3, 0.4) is 0 Å². The van der Waals surface area contributed by atoms with Crippen LogP contribution in [0.4, 0.5) is 15.8 Å². The second-order valence-electron chi connectivity index (χ2n) is 8.02. The van der Waals surface area contributed by atoms with Gasteiger partial charge >= 0.3 is 0 Å². The van der Waals surface area contributed by atoms with Crippen LogP contribution in [0.1, 0.15) is 30.6 Å². The second kappa shape index (κ2) is 10.9. The van der Waals surface area contributed by atoms with Gasteiger partial charge in [-0.05, 0) is 56.3 Å². The third kappa shape index (κ3) is 6.59. The monoisotopic (exact) mass is 477 g/mol. The van der Waals surface area contributed by atoms with Crippen LogP contribution < -0.4 is 10.6 Å². The minimum atomic E-state index is -3.44. The molecule has 0 aromatic heterocycles. The summed E-state index contributed by atoms with van der Waals surface area (Å²) in [6.45, 7) is 6.51. The first-order valence-corrected chi connectivity index (χ1v) is 12.3. The van der Waals surface area contributed by atoms with E-state index in [-0.39, 0.29) is 28.5 Å². The zero-order chi connectivity index (χ0) is 24.0. The predicted octanol–water partition coefficient (Wildman–Crippen LogP) is 2.92. The van der Waals surface area contributed by atoms with Crippen molar-refractivity contribution in [1.29, 1.82) is 0 Å². The summed E-state index contributed by atoms with van der Waals surface area (Å²) >= 11 is 0. The van der Waals surface area contributed by atoms with Crippen LogP contribution in [-0.2, 0) is 19.4 Å². The first-order chi connectivity index (χ1) is 15.7. The Morgan fingerprint density at radius 2 is 1.73 bits per heavy atom. The Morgan fingerprint density at radius 3 is 2.36 bits per heavy atom. The molecule has 2 N–H and O–H groups in total. The number of nitrogens with zero attached hydrogens (tertiary/aromatic N) is 1. The van der Waals surface area contributed by atoms with Crippen molar-refractivity contribution in [2.24, 2.45) is 0 Å². The third-order valence-electron chi connectivity index (χ3n) is 5.32. The van der Waals surface area contributed by atoms with E-state index in [1.807, 2.05) is 0 Å². The first-order valence-electron chi connectivity index (χ1n) is 10.7. The lowest BCUT2D eigenvalue weighted by Crippen LogP contribution is -2.38. The Hall–Kier alpha value is -2.82. The fourth-order valence-electron chi connectivity index (χ4n) is 3.27. The molecule has 1 aliphatic rings. The minimum absolute atomic E-state index is 0.0295. The molecule has 3 rings (SSSR count). The molecule has 1 heterocycles. The number of hydrogen-bond donors (Lipinski definition) is 2. The zero-order valence-corrected chi connectivity index (χ0v) is 19.5. The molecule has 1 saturated heterocycles. The molecule has 10 heteroatoms. The fourth-order valence-corrected chi connectivity index (χ4v) is 4.33. The number of rotatable bonds is 8. The molecule has 0 bridgehead atoms. The lowest BCUT2D eigenvalue weighted by Gasteiger charge is -2.26. The van der Waals surface area contributed by atoms with E-state index in [0.717, 1.165) is 19.2 Å². The lowest BCUT2D eigenvalue weighted by molar-refractivity contribution is -0.116. The van der Waals surface area contributed by atoms with Gasteiger partial charge in [-0.15, -0.1) is 0 Å². The topological polar surface area (TPSA) is 105 Å². The van der Waals surface area contributed by atoms with E-state index in [2.05, 4.69) is 15.5 Å². The van der Waals surface area contributed by atoms with Crippen molar-refractivity contribution in [2.75, 3.05) is 43.5 Å². The number of anilines is 2. The van der Waals surface area contributed by atoms with Gasteiger partial charge in [0.25, 0.3) is 5.91 Å². The molecule has 8 nitrogen and oxygen atoms in total. The summed E-state index contributed by atoms with van der Waals surface area (Å²) < 4.78 is 43.9. The number of carbonyl (C=O) groups excluding carboxylic acids is 2. The van der Waals surface area contributed by atoms with Crippen LogP contribution in [0, 0.1) is 5.82 Å². The normalized spacial score (nSPS) is 14.8. The molecule has 2 aromatic carbocycles. The maximum atomic E-state index is 14.2. The Bertz CT molecular complexity index is 1100. The van der Waals surface area contributed by atoms with Gasteiger partial charge in [-0.1, -0.05) is 0 Å². The van der Waals surface area contributed by atoms with Gasteiger partial charge in [0, 0.05) is 37.3 Å². The van der Waals surface area contributed by atoms with Gasteiger partial charge in [-0.3, -0.25) is 14.5 Å². The van der Waals surface area contributed by atoms with Gasteiger partial charge in [0.2, 0.25) is 5.91 Å². The van der Waals surface area contributed by atoms with Gasteiger partial charge in [-0.2, -0.15) is 0 Å². The van der Waals surface area contributed by atoms with Crippen LogP contribution in [0.25, 0.3) is 0 Å². The van der Waals surface area contributed by atoms with Crippen molar-refractivity contribution in [1.82, 2.24) is 4.90 Å². The summed E-state index contributed by atoms with van der Waals surface area (Å²) in [5.41, 5.74) is 0.514. The molecular weight excluding hydrogens is 449 g/mol. The van der Waals surface area contributed by atoms with E-state index in [1.165, 1.54) is 36.4 Å². The molecule has 0 atom stereocenters. The highest BCUT2D eigenvalue weighted by Gasteiger charge is 2.19. The van der Waals surface area contributed by atoms with E-state index >= 15 is 0 Å². The van der Waals surface area contributed by atoms with Crippen molar-refractivity contribution < 1.29 is 27.1 Å². The number of ether oxygens (including phenoxy) is 1. The number of sulfone groups is 1. The highest BCUT2D eigenvalue weighted by molar-refractivity contribution is 7.92. The van der Waals surface area contributed by atoms with Gasteiger partial charge in [0.05, 0.1) is 29.0 Å². The Balaban J connectivity index is 1.61. The molecule has 33 heavy (non-hydrogen) atoms. The predicted molar refractivity (Wildman–Crippen MR) is 124 cm³/mol. The number of halogens is 1. The summed E-state index contributed by atoms with van der Waals surface area (Å²) in [4.78, 5) is 27.0. The van der Waals surface area contributed by atoms with Crippen LogP contribution >= 0.6 is 0 Å². The third-order valence-corrected chi connectivity index (χ3v) is 7.49. The maximum Gasteiger partial charge on any atom is 0.255 e. The minimum Gasteiger partial charge on any atom is -0.379 e. The summed E-state index contributed by atoms with van der Waals surface area (Å²) in [7, 11) is -3.44. The summed E-state index contributed by atoms with van der Waals surface area (Å²) in [6.07, 6.45) is 0.210. The fraction of sp³-hybridized carbons (Fsp3) is 0.391. The van der Waals surface area contributed by atoms with Crippen LogP contribution in [0.2, 0.25) is 0 Å². The number of morpholine rings is 1. The summed E-state index contributed by atoms with van der Waals surface area (Å²) in [5.74, 6) is -1.43. The van der Waals surface area contributed by atoms with Gasteiger partial charge in [-0.25, -0.2) is 12.8 Å². The molecule has 2 amide bonds. The molecule has 0 unspecified atom stereocenters. The van der Waals surface area contributed by atoms with Gasteiger partial charge in [0.15, 0.2) is 9.84 Å². The Kier molecular flexibility index (Phi) is 8.17. The van der Waals surface area contributed by atoms with Gasteiger partial charge in [0.1, 0.15) is 5.82 Å². The van der Waals surface area contributed by atoms with Crippen molar-refractivity contribution >= 4 is 33.0 Å². The maximum absolute atomic E-state index is 14.2. The molecule has 1 fully saturated rings. The first kappa shape index (κ1) is 24.8. The van der Waals surface area contributed by atoms with Gasteiger partial charge < -0.3 is 15.4 Å². The molecule has 2 aromatic rings. The second-order valence-corrected chi connectivity index (χ2v) is 10.5. The molecule has 178 valence electrons. The smallest absolute Gasteiger partial charge is 0.255 e. The largest absolute Gasteiger partial charge is 0.379 e. The van der Waals surface area contributed by atoms with Crippen molar-refractivity contribution in [3.05, 3.63) is 53.8 Å². The Labute approximate surface area is 193 Å². The lowest BCUT2D eigenvalue weighted by atomic mass is 10.2. The van der Waals surface area contributed by atoms with Crippen LogP contribution in [-0.4, -0.2) is 63.2 Å². The highest BCUT2D eigenvalue weighted by atomic mass is 32.2. The standard InChI is InChI=1S/C23H28FN3O5S/c1-16(2)33(30,31)19-6-3-17(4-7-19)23(29)25-18-5-8-20(24)21(15-18)26-22(28)9-10-27-11-13-32-14-12-27/h3-8,15-16H,9-14H2,1-2H3,(H,25,29)(H,26,28). The molecular formula is C23H28FN3O5S.